The van der Waals surface area contributed by atoms with Crippen LogP contribution in [0.4, 0.5) is 5.69 Å². The topological polar surface area (TPSA) is 53.7 Å². The number of nitrogens with zero attached hydrogens (tertiary/aromatic N) is 5. The van der Waals surface area contributed by atoms with Crippen LogP contribution < -0.4 is 10.5 Å². The van der Waals surface area contributed by atoms with Gasteiger partial charge in [-0.2, -0.15) is 0 Å². The highest BCUT2D eigenvalue weighted by molar-refractivity contribution is 7.18. The average Bonchev–Trinajstić information content (AvgIpc) is 3.12. The second-order valence-electron chi connectivity index (χ2n) is 8.19. The highest BCUT2D eigenvalue weighted by Crippen LogP contribution is 2.27. The summed E-state index contributed by atoms with van der Waals surface area (Å²) in [7, 11) is 4.29. The first-order valence-electron chi connectivity index (χ1n) is 10.3. The Hall–Kier alpha value is -2.77. The first kappa shape index (κ1) is 19.2. The van der Waals surface area contributed by atoms with Crippen molar-refractivity contribution in [1.29, 1.82) is 0 Å². The average molecular weight is 420 g/mol. The van der Waals surface area contributed by atoms with Gasteiger partial charge >= 0.3 is 0 Å². The van der Waals surface area contributed by atoms with Crippen LogP contribution in [-0.2, 0) is 0 Å². The maximum atomic E-state index is 12.9. The van der Waals surface area contributed by atoms with Gasteiger partial charge in [0, 0.05) is 37.0 Å². The fourth-order valence-electron chi connectivity index (χ4n) is 4.27. The van der Waals surface area contributed by atoms with Crippen LogP contribution in [0, 0.1) is 6.92 Å². The van der Waals surface area contributed by atoms with Gasteiger partial charge in [-0.1, -0.05) is 6.07 Å². The molecule has 0 aliphatic carbocycles. The molecule has 1 aromatic carbocycles. The van der Waals surface area contributed by atoms with Gasteiger partial charge in [-0.3, -0.25) is 9.20 Å². The number of rotatable bonds is 3. The molecular weight excluding hydrogens is 394 g/mol. The van der Waals surface area contributed by atoms with Crippen LogP contribution in [0.1, 0.15) is 17.8 Å². The van der Waals surface area contributed by atoms with Gasteiger partial charge < -0.3 is 9.80 Å². The van der Waals surface area contributed by atoms with E-state index in [0.717, 1.165) is 52.4 Å². The summed E-state index contributed by atoms with van der Waals surface area (Å²) >= 11 is 1.66. The molecule has 0 saturated carbocycles. The van der Waals surface area contributed by atoms with E-state index in [2.05, 4.69) is 41.0 Å². The van der Waals surface area contributed by atoms with Crippen LogP contribution in [0.15, 0.2) is 47.4 Å². The Morgan fingerprint density at radius 1 is 1.07 bits per heavy atom. The Bertz CT molecular complexity index is 1280. The molecule has 0 amide bonds. The Morgan fingerprint density at radius 3 is 2.63 bits per heavy atom. The number of aromatic nitrogens is 3. The van der Waals surface area contributed by atoms with Gasteiger partial charge in [0.25, 0.3) is 5.56 Å². The minimum Gasteiger partial charge on any atom is -0.370 e. The van der Waals surface area contributed by atoms with E-state index in [1.54, 1.807) is 21.8 Å². The standard InChI is InChI=1S/C23H25N5OS/c1-15-24-19-6-4-16(12-21(19)30-15)20-13-23(29)28-14-18(5-7-22(28)25-20)27-10-8-17(9-11-27)26(2)3/h4-7,12-14,17H,8-11H2,1-3H3. The number of fused-ring (bicyclic) bond motifs is 2. The summed E-state index contributed by atoms with van der Waals surface area (Å²) < 4.78 is 2.77. The third-order valence-corrected chi connectivity index (χ3v) is 6.93. The number of benzene rings is 1. The zero-order valence-electron chi connectivity index (χ0n) is 17.5. The largest absolute Gasteiger partial charge is 0.370 e. The molecular formula is C23H25N5OS. The van der Waals surface area contributed by atoms with Crippen LogP contribution in [0.2, 0.25) is 0 Å². The van der Waals surface area contributed by atoms with Crippen molar-refractivity contribution in [3.63, 3.8) is 0 Å². The van der Waals surface area contributed by atoms with Crippen LogP contribution >= 0.6 is 11.3 Å². The normalized spacial score (nSPS) is 15.5. The summed E-state index contributed by atoms with van der Waals surface area (Å²) in [6.45, 7) is 4.01. The van der Waals surface area contributed by atoms with Gasteiger partial charge in [0.1, 0.15) is 5.65 Å². The Labute approximate surface area is 179 Å². The summed E-state index contributed by atoms with van der Waals surface area (Å²) in [5.41, 5.74) is 4.33. The number of hydrogen-bond acceptors (Lipinski definition) is 6. The van der Waals surface area contributed by atoms with Crippen LogP contribution in [0.5, 0.6) is 0 Å². The van der Waals surface area contributed by atoms with E-state index in [-0.39, 0.29) is 5.56 Å². The van der Waals surface area contributed by atoms with E-state index in [1.165, 1.54) is 0 Å². The van der Waals surface area contributed by atoms with Crippen molar-refractivity contribution in [2.24, 2.45) is 0 Å². The van der Waals surface area contributed by atoms with Crippen molar-refractivity contribution in [3.05, 3.63) is 58.0 Å². The van der Waals surface area contributed by atoms with Crippen LogP contribution in [0.3, 0.4) is 0 Å². The van der Waals surface area contributed by atoms with E-state index in [1.807, 2.05) is 31.3 Å². The summed E-state index contributed by atoms with van der Waals surface area (Å²) in [6.07, 6.45) is 4.20. The van der Waals surface area contributed by atoms with E-state index < -0.39 is 0 Å². The molecule has 30 heavy (non-hydrogen) atoms. The molecule has 4 aromatic rings. The molecule has 1 aliphatic rings. The van der Waals surface area contributed by atoms with Crippen molar-refractivity contribution in [3.8, 4) is 11.3 Å². The zero-order valence-corrected chi connectivity index (χ0v) is 18.3. The van der Waals surface area contributed by atoms with E-state index in [0.29, 0.717) is 17.4 Å². The van der Waals surface area contributed by atoms with Crippen LogP contribution in [0.25, 0.3) is 27.1 Å². The number of piperidine rings is 1. The number of pyridine rings is 1. The van der Waals surface area contributed by atoms with Gasteiger partial charge in [0.15, 0.2) is 0 Å². The minimum atomic E-state index is -0.0550. The van der Waals surface area contributed by atoms with Gasteiger partial charge in [0.2, 0.25) is 0 Å². The lowest BCUT2D eigenvalue weighted by atomic mass is 10.0. The molecule has 3 aromatic heterocycles. The van der Waals surface area contributed by atoms with Crippen LogP contribution in [-0.4, -0.2) is 52.5 Å². The lowest BCUT2D eigenvalue weighted by molar-refractivity contribution is 0.249. The Morgan fingerprint density at radius 2 is 1.87 bits per heavy atom. The van der Waals surface area contributed by atoms with Crippen molar-refractivity contribution in [1.82, 2.24) is 19.3 Å². The quantitative estimate of drug-likeness (QED) is 0.505. The number of hydrogen-bond donors (Lipinski definition) is 0. The molecule has 0 spiro atoms. The highest BCUT2D eigenvalue weighted by Gasteiger charge is 2.21. The van der Waals surface area contributed by atoms with Crippen molar-refractivity contribution in [2.75, 3.05) is 32.1 Å². The lowest BCUT2D eigenvalue weighted by Crippen LogP contribution is -2.42. The monoisotopic (exact) mass is 419 g/mol. The van der Waals surface area contributed by atoms with Crippen molar-refractivity contribution < 1.29 is 0 Å². The van der Waals surface area contributed by atoms with E-state index in [9.17, 15) is 4.79 Å². The van der Waals surface area contributed by atoms with Gasteiger partial charge in [-0.25, -0.2) is 9.97 Å². The summed E-state index contributed by atoms with van der Waals surface area (Å²) in [5, 5.41) is 1.04. The molecule has 0 radical (unpaired) electrons. The van der Waals surface area contributed by atoms with Gasteiger partial charge in [-0.15, -0.1) is 11.3 Å². The molecule has 0 bridgehead atoms. The molecule has 7 heteroatoms. The number of aryl methyl sites for hydroxylation is 1. The fraction of sp³-hybridized carbons (Fsp3) is 0.348. The molecule has 1 aliphatic heterocycles. The van der Waals surface area contributed by atoms with Crippen molar-refractivity contribution >= 4 is 32.9 Å². The Kier molecular flexibility index (Phi) is 4.79. The van der Waals surface area contributed by atoms with E-state index >= 15 is 0 Å². The molecule has 0 N–H and O–H groups in total. The lowest BCUT2D eigenvalue weighted by Gasteiger charge is -2.36. The third kappa shape index (κ3) is 3.48. The summed E-state index contributed by atoms with van der Waals surface area (Å²) in [5.74, 6) is 0. The minimum absolute atomic E-state index is 0.0550. The molecule has 154 valence electrons. The van der Waals surface area contributed by atoms with Gasteiger partial charge in [0.05, 0.1) is 26.6 Å². The first-order valence-corrected chi connectivity index (χ1v) is 11.1. The first-order chi connectivity index (χ1) is 14.5. The summed E-state index contributed by atoms with van der Waals surface area (Å²) in [4.78, 5) is 26.8. The zero-order chi connectivity index (χ0) is 20.8. The second-order valence-corrected chi connectivity index (χ2v) is 9.43. The maximum Gasteiger partial charge on any atom is 0.258 e. The number of thiazole rings is 1. The molecule has 6 nitrogen and oxygen atoms in total. The summed E-state index contributed by atoms with van der Waals surface area (Å²) in [6, 6.07) is 12.4. The van der Waals surface area contributed by atoms with Crippen molar-refractivity contribution in [2.45, 2.75) is 25.8 Å². The second kappa shape index (κ2) is 7.49. The smallest absolute Gasteiger partial charge is 0.258 e. The third-order valence-electron chi connectivity index (χ3n) is 6.00. The maximum absolute atomic E-state index is 12.9. The fourth-order valence-corrected chi connectivity index (χ4v) is 5.13. The predicted molar refractivity (Wildman–Crippen MR) is 124 cm³/mol. The number of anilines is 1. The Balaban J connectivity index is 1.47. The highest BCUT2D eigenvalue weighted by atomic mass is 32.1. The van der Waals surface area contributed by atoms with E-state index in [4.69, 9.17) is 4.98 Å². The molecule has 1 saturated heterocycles. The molecule has 4 heterocycles. The van der Waals surface area contributed by atoms with Gasteiger partial charge in [-0.05, 0) is 58.1 Å². The SMILES string of the molecule is Cc1nc2ccc(-c3cc(=O)n4cc(N5CCC(N(C)C)CC5)ccc4n3)cc2s1. The molecule has 0 unspecified atom stereocenters. The predicted octanol–water partition coefficient (Wildman–Crippen LogP) is 3.81. The molecule has 5 rings (SSSR count). The molecule has 0 atom stereocenters. The molecule has 1 fully saturated rings.